The molecule has 1 aliphatic carbocycles. The number of Topliss-reactive ketones (excluding diaryl/α,β-unsaturated/α-hetero) is 1. The van der Waals surface area contributed by atoms with Crippen LogP contribution in [0.2, 0.25) is 0 Å². The molecule has 0 radical (unpaired) electrons. The molecule has 1 N–H and O–H groups in total. The zero-order chi connectivity index (χ0) is 13.8. The van der Waals surface area contributed by atoms with Crippen LogP contribution in [-0.4, -0.2) is 16.9 Å². The highest BCUT2D eigenvalue weighted by molar-refractivity contribution is 6.00. The van der Waals surface area contributed by atoms with Crippen molar-refractivity contribution in [2.45, 2.75) is 25.7 Å². The maximum Gasteiger partial charge on any atom is 0.306 e. The molecule has 98 valence electrons. The van der Waals surface area contributed by atoms with E-state index in [-0.39, 0.29) is 17.6 Å². The van der Waals surface area contributed by atoms with E-state index >= 15 is 0 Å². The third-order valence-corrected chi connectivity index (χ3v) is 3.76. The molecule has 1 fully saturated rings. The Kier molecular flexibility index (Phi) is 3.96. The summed E-state index contributed by atoms with van der Waals surface area (Å²) in [4.78, 5) is 23.2. The van der Waals surface area contributed by atoms with Crippen LogP contribution < -0.4 is 0 Å². The maximum atomic E-state index is 12.4. The lowest BCUT2D eigenvalue weighted by Crippen LogP contribution is -2.26. The van der Waals surface area contributed by atoms with Gasteiger partial charge in [-0.15, -0.1) is 0 Å². The summed E-state index contributed by atoms with van der Waals surface area (Å²) in [5.74, 6) is -1.27. The van der Waals surface area contributed by atoms with Crippen LogP contribution in [0.5, 0.6) is 0 Å². The summed E-state index contributed by atoms with van der Waals surface area (Å²) >= 11 is 0. The van der Waals surface area contributed by atoms with Gasteiger partial charge < -0.3 is 5.11 Å². The zero-order valence-corrected chi connectivity index (χ0v) is 10.5. The van der Waals surface area contributed by atoms with Crippen molar-refractivity contribution < 1.29 is 14.7 Å². The minimum Gasteiger partial charge on any atom is -0.481 e. The second kappa shape index (κ2) is 5.66. The first kappa shape index (κ1) is 13.3. The predicted molar refractivity (Wildman–Crippen MR) is 68.6 cm³/mol. The van der Waals surface area contributed by atoms with E-state index in [1.165, 1.54) is 0 Å². The standard InChI is InChI=1S/C15H15NO3/c16-9-12-3-1-2-4-13(12)14(17)10-5-7-11(8-6-10)15(18)19/h1-4,10-11H,5-8H2,(H,18,19). The number of carboxylic acids is 1. The highest BCUT2D eigenvalue weighted by Crippen LogP contribution is 2.31. The van der Waals surface area contributed by atoms with Crippen LogP contribution in [0.4, 0.5) is 0 Å². The van der Waals surface area contributed by atoms with Gasteiger partial charge in [-0.2, -0.15) is 5.26 Å². The SMILES string of the molecule is N#Cc1ccccc1C(=O)C1CCC(C(=O)O)CC1. The third kappa shape index (κ3) is 2.82. The van der Waals surface area contributed by atoms with Crippen LogP contribution in [-0.2, 0) is 4.79 Å². The number of carbonyl (C=O) groups is 2. The predicted octanol–water partition coefficient (Wildman–Crippen LogP) is 2.63. The molecule has 0 bridgehead atoms. The average Bonchev–Trinajstić information content (AvgIpc) is 2.46. The summed E-state index contributed by atoms with van der Waals surface area (Å²) in [6, 6.07) is 8.81. The fourth-order valence-electron chi connectivity index (χ4n) is 2.62. The Balaban J connectivity index is 2.10. The van der Waals surface area contributed by atoms with Crippen molar-refractivity contribution >= 4 is 11.8 Å². The molecule has 4 nitrogen and oxygen atoms in total. The first-order chi connectivity index (χ1) is 9.13. The molecule has 0 heterocycles. The molecule has 0 aliphatic heterocycles. The Labute approximate surface area is 111 Å². The number of ketones is 1. The summed E-state index contributed by atoms with van der Waals surface area (Å²) in [6.45, 7) is 0. The summed E-state index contributed by atoms with van der Waals surface area (Å²) in [5, 5.41) is 17.9. The number of benzene rings is 1. The molecule has 0 atom stereocenters. The fraction of sp³-hybridized carbons (Fsp3) is 0.400. The summed E-state index contributed by atoms with van der Waals surface area (Å²) in [5.41, 5.74) is 0.858. The minimum absolute atomic E-state index is 0.0269. The van der Waals surface area contributed by atoms with E-state index in [0.717, 1.165) is 0 Å². The minimum atomic E-state index is -0.775. The molecule has 1 saturated carbocycles. The van der Waals surface area contributed by atoms with E-state index in [0.29, 0.717) is 36.8 Å². The number of carbonyl (C=O) groups excluding carboxylic acids is 1. The van der Waals surface area contributed by atoms with Gasteiger partial charge >= 0.3 is 5.97 Å². The molecule has 1 aromatic carbocycles. The number of hydrogen-bond acceptors (Lipinski definition) is 3. The van der Waals surface area contributed by atoms with Crippen molar-refractivity contribution in [1.29, 1.82) is 5.26 Å². The maximum absolute atomic E-state index is 12.4. The van der Waals surface area contributed by atoms with E-state index < -0.39 is 5.97 Å². The summed E-state index contributed by atoms with van der Waals surface area (Å²) in [7, 11) is 0. The van der Waals surface area contributed by atoms with Gasteiger partial charge in [0.15, 0.2) is 5.78 Å². The highest BCUT2D eigenvalue weighted by atomic mass is 16.4. The molecule has 0 amide bonds. The van der Waals surface area contributed by atoms with Crippen molar-refractivity contribution in [1.82, 2.24) is 0 Å². The molecule has 0 aromatic heterocycles. The number of carboxylic acid groups (broad SMARTS) is 1. The molecule has 4 heteroatoms. The topological polar surface area (TPSA) is 78.2 Å². The zero-order valence-electron chi connectivity index (χ0n) is 10.5. The Morgan fingerprint density at radius 1 is 1.11 bits per heavy atom. The lowest BCUT2D eigenvalue weighted by molar-refractivity contribution is -0.143. The van der Waals surface area contributed by atoms with Crippen LogP contribution in [0, 0.1) is 23.2 Å². The molecule has 2 rings (SSSR count). The van der Waals surface area contributed by atoms with Gasteiger partial charge in [0.1, 0.15) is 0 Å². The first-order valence-corrected chi connectivity index (χ1v) is 6.39. The molecule has 1 aromatic rings. The molecular weight excluding hydrogens is 242 g/mol. The van der Waals surface area contributed by atoms with E-state index in [1.807, 2.05) is 6.07 Å². The first-order valence-electron chi connectivity index (χ1n) is 6.39. The van der Waals surface area contributed by atoms with Gasteiger partial charge in [-0.25, -0.2) is 0 Å². The quantitative estimate of drug-likeness (QED) is 0.844. The van der Waals surface area contributed by atoms with Crippen LogP contribution in [0.1, 0.15) is 41.6 Å². The number of hydrogen-bond donors (Lipinski definition) is 1. The Morgan fingerprint density at radius 3 is 2.26 bits per heavy atom. The summed E-state index contributed by atoms with van der Waals surface area (Å²) < 4.78 is 0. The van der Waals surface area contributed by atoms with Crippen molar-refractivity contribution in [2.75, 3.05) is 0 Å². The van der Waals surface area contributed by atoms with Gasteiger partial charge in [0.05, 0.1) is 17.6 Å². The second-order valence-electron chi connectivity index (χ2n) is 4.91. The van der Waals surface area contributed by atoms with Gasteiger partial charge in [-0.1, -0.05) is 18.2 Å². The van der Waals surface area contributed by atoms with Crippen molar-refractivity contribution in [2.24, 2.45) is 11.8 Å². The highest BCUT2D eigenvalue weighted by Gasteiger charge is 2.30. The van der Waals surface area contributed by atoms with Crippen LogP contribution in [0.15, 0.2) is 24.3 Å². The molecule has 0 saturated heterocycles. The van der Waals surface area contributed by atoms with Gasteiger partial charge in [0, 0.05) is 11.5 Å². The van der Waals surface area contributed by atoms with Gasteiger partial charge in [-0.05, 0) is 31.7 Å². The number of nitrogens with zero attached hydrogens (tertiary/aromatic N) is 1. The lowest BCUT2D eigenvalue weighted by Gasteiger charge is -2.25. The number of nitriles is 1. The third-order valence-electron chi connectivity index (χ3n) is 3.76. The average molecular weight is 257 g/mol. The molecule has 0 unspecified atom stereocenters. The van der Waals surface area contributed by atoms with Crippen molar-refractivity contribution in [3.63, 3.8) is 0 Å². The van der Waals surface area contributed by atoms with Gasteiger partial charge in [-0.3, -0.25) is 9.59 Å². The molecule has 19 heavy (non-hydrogen) atoms. The second-order valence-corrected chi connectivity index (χ2v) is 4.91. The van der Waals surface area contributed by atoms with Gasteiger partial charge in [0.2, 0.25) is 0 Å². The van der Waals surface area contributed by atoms with E-state index in [4.69, 9.17) is 10.4 Å². The molecule has 0 spiro atoms. The Morgan fingerprint density at radius 2 is 1.68 bits per heavy atom. The van der Waals surface area contributed by atoms with Crippen LogP contribution in [0.3, 0.4) is 0 Å². The molecule has 1 aliphatic rings. The normalized spacial score (nSPS) is 22.5. The Hall–Kier alpha value is -2.15. The smallest absolute Gasteiger partial charge is 0.306 e. The number of rotatable bonds is 3. The van der Waals surface area contributed by atoms with Crippen molar-refractivity contribution in [3.05, 3.63) is 35.4 Å². The van der Waals surface area contributed by atoms with E-state index in [1.54, 1.807) is 24.3 Å². The fourth-order valence-corrected chi connectivity index (χ4v) is 2.62. The summed E-state index contributed by atoms with van der Waals surface area (Å²) in [6.07, 6.45) is 2.27. The molecular formula is C15H15NO3. The monoisotopic (exact) mass is 257 g/mol. The van der Waals surface area contributed by atoms with E-state index in [9.17, 15) is 9.59 Å². The van der Waals surface area contributed by atoms with Gasteiger partial charge in [0.25, 0.3) is 0 Å². The largest absolute Gasteiger partial charge is 0.481 e. The Bertz CT molecular complexity index is 537. The van der Waals surface area contributed by atoms with Crippen LogP contribution >= 0.6 is 0 Å². The number of aliphatic carboxylic acids is 1. The lowest BCUT2D eigenvalue weighted by atomic mass is 9.78. The van der Waals surface area contributed by atoms with E-state index in [2.05, 4.69) is 0 Å². The van der Waals surface area contributed by atoms with Crippen LogP contribution in [0.25, 0.3) is 0 Å². The van der Waals surface area contributed by atoms with Crippen molar-refractivity contribution in [3.8, 4) is 6.07 Å².